The van der Waals surface area contributed by atoms with Crippen LogP contribution < -0.4 is 0 Å². The number of benzene rings is 1. The summed E-state index contributed by atoms with van der Waals surface area (Å²) >= 11 is 5.89. The number of rotatable bonds is 3. The first-order valence-electron chi connectivity index (χ1n) is 4.99. The molecule has 1 unspecified atom stereocenters. The topological polar surface area (TPSA) is 20.2 Å². The van der Waals surface area contributed by atoms with Crippen LogP contribution >= 0.6 is 11.6 Å². The van der Waals surface area contributed by atoms with Gasteiger partial charge in [0.25, 0.3) is 0 Å². The van der Waals surface area contributed by atoms with E-state index in [2.05, 4.69) is 0 Å². The summed E-state index contributed by atoms with van der Waals surface area (Å²) in [4.78, 5) is 0. The van der Waals surface area contributed by atoms with Crippen molar-refractivity contribution in [1.82, 2.24) is 0 Å². The molecule has 0 aromatic heterocycles. The minimum Gasteiger partial charge on any atom is -0.390 e. The molecule has 0 aliphatic heterocycles. The van der Waals surface area contributed by atoms with Gasteiger partial charge in [-0.25, -0.2) is 4.39 Å². The van der Waals surface area contributed by atoms with E-state index in [1.807, 2.05) is 13.8 Å². The molecule has 15 heavy (non-hydrogen) atoms. The SMILES string of the molecule is CC(C)C(C)(O)Cc1ccc(F)cc1Cl. The zero-order valence-corrected chi connectivity index (χ0v) is 9.98. The van der Waals surface area contributed by atoms with Gasteiger partial charge in [0.2, 0.25) is 0 Å². The van der Waals surface area contributed by atoms with Crippen LogP contribution in [0.4, 0.5) is 4.39 Å². The minimum atomic E-state index is -0.818. The smallest absolute Gasteiger partial charge is 0.124 e. The van der Waals surface area contributed by atoms with Crippen LogP contribution in [0.3, 0.4) is 0 Å². The van der Waals surface area contributed by atoms with Crippen molar-refractivity contribution in [2.24, 2.45) is 5.92 Å². The lowest BCUT2D eigenvalue weighted by Gasteiger charge is -2.28. The highest BCUT2D eigenvalue weighted by molar-refractivity contribution is 6.31. The van der Waals surface area contributed by atoms with Gasteiger partial charge in [0.1, 0.15) is 5.82 Å². The van der Waals surface area contributed by atoms with E-state index in [-0.39, 0.29) is 11.7 Å². The summed E-state index contributed by atoms with van der Waals surface area (Å²) in [6.07, 6.45) is 0.434. The Labute approximate surface area is 94.9 Å². The van der Waals surface area contributed by atoms with E-state index >= 15 is 0 Å². The standard InChI is InChI=1S/C12H16ClFO/c1-8(2)12(3,15)7-9-4-5-10(14)6-11(9)13/h4-6,8,15H,7H2,1-3H3. The van der Waals surface area contributed by atoms with Crippen molar-refractivity contribution < 1.29 is 9.50 Å². The molecule has 1 rings (SSSR count). The molecule has 3 heteroatoms. The van der Waals surface area contributed by atoms with Crippen molar-refractivity contribution >= 4 is 11.6 Å². The highest BCUT2D eigenvalue weighted by Gasteiger charge is 2.26. The normalized spacial score (nSPS) is 15.4. The van der Waals surface area contributed by atoms with E-state index in [1.54, 1.807) is 13.0 Å². The molecule has 0 radical (unpaired) electrons. The Kier molecular flexibility index (Phi) is 3.74. The van der Waals surface area contributed by atoms with Gasteiger partial charge >= 0.3 is 0 Å². The first-order valence-corrected chi connectivity index (χ1v) is 5.37. The molecule has 0 spiro atoms. The lowest BCUT2D eigenvalue weighted by Crippen LogP contribution is -2.33. The Bertz CT molecular complexity index is 347. The van der Waals surface area contributed by atoms with Crippen LogP contribution in [0.25, 0.3) is 0 Å². The third-order valence-corrected chi connectivity index (χ3v) is 3.16. The van der Waals surface area contributed by atoms with E-state index in [1.165, 1.54) is 12.1 Å². The second kappa shape index (κ2) is 4.50. The molecule has 0 saturated heterocycles. The summed E-state index contributed by atoms with van der Waals surface area (Å²) in [6.45, 7) is 5.65. The quantitative estimate of drug-likeness (QED) is 0.844. The van der Waals surface area contributed by atoms with E-state index in [0.717, 1.165) is 5.56 Å². The predicted molar refractivity (Wildman–Crippen MR) is 60.6 cm³/mol. The van der Waals surface area contributed by atoms with E-state index in [4.69, 9.17) is 11.6 Å². The van der Waals surface area contributed by atoms with Crippen LogP contribution in [-0.2, 0) is 6.42 Å². The zero-order valence-electron chi connectivity index (χ0n) is 9.22. The van der Waals surface area contributed by atoms with Gasteiger partial charge in [-0.15, -0.1) is 0 Å². The molecule has 1 aromatic carbocycles. The van der Waals surface area contributed by atoms with Crippen molar-refractivity contribution in [1.29, 1.82) is 0 Å². The van der Waals surface area contributed by atoms with Gasteiger partial charge in [-0.3, -0.25) is 0 Å². The molecule has 1 nitrogen and oxygen atoms in total. The molecular weight excluding hydrogens is 215 g/mol. The number of hydrogen-bond donors (Lipinski definition) is 1. The Morgan fingerprint density at radius 2 is 2.07 bits per heavy atom. The summed E-state index contributed by atoms with van der Waals surface area (Å²) in [5, 5.41) is 10.5. The van der Waals surface area contributed by atoms with Gasteiger partial charge in [0.05, 0.1) is 5.60 Å². The number of halogens is 2. The summed E-state index contributed by atoms with van der Waals surface area (Å²) in [5.74, 6) is -0.230. The maximum atomic E-state index is 12.8. The van der Waals surface area contributed by atoms with Crippen LogP contribution in [0.1, 0.15) is 26.3 Å². The van der Waals surface area contributed by atoms with Crippen LogP contribution in [0.15, 0.2) is 18.2 Å². The first-order chi connectivity index (χ1) is 6.83. The minimum absolute atomic E-state index is 0.124. The third-order valence-electron chi connectivity index (χ3n) is 2.81. The van der Waals surface area contributed by atoms with Crippen molar-refractivity contribution in [3.8, 4) is 0 Å². The number of aliphatic hydroxyl groups is 1. The number of hydrogen-bond acceptors (Lipinski definition) is 1. The molecular formula is C12H16ClFO. The Hall–Kier alpha value is -0.600. The van der Waals surface area contributed by atoms with E-state index in [9.17, 15) is 9.50 Å². The fourth-order valence-corrected chi connectivity index (χ4v) is 1.49. The van der Waals surface area contributed by atoms with Crippen molar-refractivity contribution in [3.63, 3.8) is 0 Å². The second-order valence-corrected chi connectivity index (χ2v) is 4.83. The monoisotopic (exact) mass is 230 g/mol. The third kappa shape index (κ3) is 3.18. The lowest BCUT2D eigenvalue weighted by molar-refractivity contribution is 0.0139. The molecule has 1 atom stereocenters. The van der Waals surface area contributed by atoms with Crippen molar-refractivity contribution in [2.75, 3.05) is 0 Å². The molecule has 84 valence electrons. The molecule has 0 saturated carbocycles. The summed E-state index contributed by atoms with van der Waals surface area (Å²) in [6, 6.07) is 4.25. The summed E-state index contributed by atoms with van der Waals surface area (Å²) in [5.41, 5.74) is -0.0432. The highest BCUT2D eigenvalue weighted by atomic mass is 35.5. The maximum Gasteiger partial charge on any atom is 0.124 e. The van der Waals surface area contributed by atoms with Crippen molar-refractivity contribution in [3.05, 3.63) is 34.6 Å². The van der Waals surface area contributed by atoms with Gasteiger partial charge in [-0.05, 0) is 30.5 Å². The van der Waals surface area contributed by atoms with Crippen LogP contribution in [0.5, 0.6) is 0 Å². The second-order valence-electron chi connectivity index (χ2n) is 4.42. The van der Waals surface area contributed by atoms with Gasteiger partial charge < -0.3 is 5.11 Å². The molecule has 0 amide bonds. The van der Waals surface area contributed by atoms with E-state index in [0.29, 0.717) is 11.4 Å². The molecule has 1 N–H and O–H groups in total. The van der Waals surface area contributed by atoms with Gasteiger partial charge in [-0.1, -0.05) is 31.5 Å². The molecule has 1 aromatic rings. The van der Waals surface area contributed by atoms with Crippen LogP contribution in [-0.4, -0.2) is 10.7 Å². The van der Waals surface area contributed by atoms with Crippen molar-refractivity contribution in [2.45, 2.75) is 32.8 Å². The predicted octanol–water partition coefficient (Wildman–Crippen LogP) is 3.43. The van der Waals surface area contributed by atoms with Gasteiger partial charge in [-0.2, -0.15) is 0 Å². The summed E-state index contributed by atoms with van der Waals surface area (Å²) < 4.78 is 12.8. The average molecular weight is 231 g/mol. The van der Waals surface area contributed by atoms with Gasteiger partial charge in [0, 0.05) is 11.4 Å². The maximum absolute atomic E-state index is 12.8. The van der Waals surface area contributed by atoms with Gasteiger partial charge in [0.15, 0.2) is 0 Å². The Morgan fingerprint density at radius 3 is 2.53 bits per heavy atom. The Balaban J connectivity index is 2.90. The molecule has 0 bridgehead atoms. The molecule has 0 aliphatic rings. The van der Waals surface area contributed by atoms with Crippen LogP contribution in [0.2, 0.25) is 5.02 Å². The molecule has 0 aliphatic carbocycles. The largest absolute Gasteiger partial charge is 0.390 e. The summed E-state index contributed by atoms with van der Waals surface area (Å²) in [7, 11) is 0. The van der Waals surface area contributed by atoms with Crippen LogP contribution in [0, 0.1) is 11.7 Å². The fourth-order valence-electron chi connectivity index (χ4n) is 1.25. The lowest BCUT2D eigenvalue weighted by atomic mass is 9.86. The highest BCUT2D eigenvalue weighted by Crippen LogP contribution is 2.26. The average Bonchev–Trinajstić information content (AvgIpc) is 2.09. The molecule has 0 heterocycles. The molecule has 0 fully saturated rings. The zero-order chi connectivity index (χ0) is 11.6. The Morgan fingerprint density at radius 1 is 1.47 bits per heavy atom. The van der Waals surface area contributed by atoms with E-state index < -0.39 is 5.60 Å². The first kappa shape index (κ1) is 12.5. The fraction of sp³-hybridized carbons (Fsp3) is 0.500.